The smallest absolute Gasteiger partial charge is 0.336 e. The predicted octanol–water partition coefficient (Wildman–Crippen LogP) is 3.32. The number of imidazole rings is 1. The maximum Gasteiger partial charge on any atom is 0.336 e. The number of carbonyl (C=O) groups is 1. The fourth-order valence-electron chi connectivity index (χ4n) is 5.14. The quantitative estimate of drug-likeness (QED) is 0.472. The molecule has 4 aromatic rings. The number of rotatable bonds is 4. The van der Waals surface area contributed by atoms with Crippen LogP contribution in [0.15, 0.2) is 59.5 Å². The van der Waals surface area contributed by atoms with Gasteiger partial charge in [0.05, 0.1) is 28.9 Å². The van der Waals surface area contributed by atoms with Crippen LogP contribution in [0.1, 0.15) is 29.8 Å². The predicted molar refractivity (Wildman–Crippen MR) is 127 cm³/mol. The molecule has 2 aromatic heterocycles. The van der Waals surface area contributed by atoms with Gasteiger partial charge in [-0.2, -0.15) is 5.26 Å². The van der Waals surface area contributed by atoms with E-state index in [4.69, 9.17) is 16.3 Å². The van der Waals surface area contributed by atoms with Crippen LogP contribution < -0.4 is 10.4 Å². The third kappa shape index (κ3) is 3.18. The molecule has 6 rings (SSSR count). The first-order valence-corrected chi connectivity index (χ1v) is 11.4. The van der Waals surface area contributed by atoms with Gasteiger partial charge in [-0.25, -0.2) is 9.36 Å². The van der Waals surface area contributed by atoms with Crippen molar-refractivity contribution < 1.29 is 14.6 Å². The van der Waals surface area contributed by atoms with E-state index in [0.29, 0.717) is 51.6 Å². The summed E-state index contributed by atoms with van der Waals surface area (Å²) in [5.74, 6) is 0.0825. The first kappa shape index (κ1) is 21.3. The van der Waals surface area contributed by atoms with Crippen LogP contribution in [0.2, 0.25) is 5.02 Å². The molecule has 0 radical (unpaired) electrons. The number of fused-ring (bicyclic) bond motifs is 6. The first-order valence-electron chi connectivity index (χ1n) is 11.0. The van der Waals surface area contributed by atoms with Gasteiger partial charge in [-0.05, 0) is 55.0 Å². The molecule has 4 heterocycles. The van der Waals surface area contributed by atoms with Gasteiger partial charge in [0.15, 0.2) is 6.61 Å². The molecule has 9 nitrogen and oxygen atoms in total. The molecule has 2 atom stereocenters. The second kappa shape index (κ2) is 7.89. The van der Waals surface area contributed by atoms with Gasteiger partial charge >= 0.3 is 5.69 Å². The highest BCUT2D eigenvalue weighted by molar-refractivity contribution is 6.30. The lowest BCUT2D eigenvalue weighted by molar-refractivity contribution is -0.134. The maximum atomic E-state index is 13.4. The van der Waals surface area contributed by atoms with Crippen LogP contribution in [0.3, 0.4) is 0 Å². The first-order chi connectivity index (χ1) is 17.0. The minimum absolute atomic E-state index is 0.164. The summed E-state index contributed by atoms with van der Waals surface area (Å²) in [4.78, 5) is 32.3. The van der Waals surface area contributed by atoms with Crippen molar-refractivity contribution in [2.24, 2.45) is 0 Å². The van der Waals surface area contributed by atoms with Crippen LogP contribution in [-0.2, 0) is 4.79 Å². The molecule has 10 heteroatoms. The standard InChI is InChI=1S/C25H18ClN5O4/c26-15-4-6-17(7-5-15)35-13-21(32)29-12-16-10-20(29)23-24(33)31(25(34)30(16)23)19-8-3-14(11-27)22-18(19)2-1-9-28-22/h1-9,16,20,33H,10,12-13H2/t16-,20?/m1/s1. The Morgan fingerprint density at radius 1 is 1.23 bits per heavy atom. The number of carbonyl (C=O) groups excluding carboxylic acids is 1. The SMILES string of the molecule is N#Cc1ccc(-n2c(O)c3n(c2=O)[C@@H]2CC3N(C(=O)COc3ccc(Cl)cc3)C2)c2cccnc12. The number of amides is 1. The van der Waals surface area contributed by atoms with Crippen molar-refractivity contribution in [2.75, 3.05) is 13.2 Å². The largest absolute Gasteiger partial charge is 0.493 e. The molecule has 2 aliphatic rings. The van der Waals surface area contributed by atoms with Crippen LogP contribution in [0, 0.1) is 11.3 Å². The number of pyridine rings is 1. The van der Waals surface area contributed by atoms with Gasteiger partial charge in [0, 0.05) is 23.2 Å². The number of hydrogen-bond donors (Lipinski definition) is 1. The van der Waals surface area contributed by atoms with Gasteiger partial charge in [0.1, 0.15) is 17.5 Å². The van der Waals surface area contributed by atoms with Crippen molar-refractivity contribution in [3.05, 3.63) is 81.5 Å². The van der Waals surface area contributed by atoms with Crippen LogP contribution >= 0.6 is 11.6 Å². The molecule has 1 saturated heterocycles. The lowest BCUT2D eigenvalue weighted by Crippen LogP contribution is -2.40. The third-order valence-corrected chi connectivity index (χ3v) is 6.91. The zero-order chi connectivity index (χ0) is 24.3. The number of ether oxygens (including phenoxy) is 1. The van der Waals surface area contributed by atoms with E-state index in [1.807, 2.05) is 0 Å². The second-order valence-electron chi connectivity index (χ2n) is 8.53. The third-order valence-electron chi connectivity index (χ3n) is 6.66. The number of nitrogens with zero attached hydrogens (tertiary/aromatic N) is 5. The van der Waals surface area contributed by atoms with E-state index < -0.39 is 6.04 Å². The fourth-order valence-corrected chi connectivity index (χ4v) is 5.27. The summed E-state index contributed by atoms with van der Waals surface area (Å²) in [6.45, 7) is 0.196. The van der Waals surface area contributed by atoms with E-state index in [9.17, 15) is 20.0 Å². The molecule has 1 fully saturated rings. The molecule has 0 spiro atoms. The van der Waals surface area contributed by atoms with Gasteiger partial charge in [-0.15, -0.1) is 0 Å². The van der Waals surface area contributed by atoms with Gasteiger partial charge in [-0.1, -0.05) is 11.6 Å². The van der Waals surface area contributed by atoms with E-state index >= 15 is 0 Å². The number of nitriles is 1. The van der Waals surface area contributed by atoms with Crippen LogP contribution in [0.4, 0.5) is 0 Å². The van der Waals surface area contributed by atoms with Crippen molar-refractivity contribution in [2.45, 2.75) is 18.5 Å². The van der Waals surface area contributed by atoms with Crippen molar-refractivity contribution >= 4 is 28.4 Å². The molecule has 1 N–H and O–H groups in total. The average Bonchev–Trinajstić information content (AvgIpc) is 3.54. The topological polar surface area (TPSA) is 113 Å². The molecule has 2 aliphatic heterocycles. The summed E-state index contributed by atoms with van der Waals surface area (Å²) >= 11 is 5.89. The molecule has 0 saturated carbocycles. The summed E-state index contributed by atoms with van der Waals surface area (Å²) in [6.07, 6.45) is 2.13. The molecule has 35 heavy (non-hydrogen) atoms. The minimum Gasteiger partial charge on any atom is -0.493 e. The van der Waals surface area contributed by atoms with E-state index in [0.717, 1.165) is 0 Å². The van der Waals surface area contributed by atoms with Crippen molar-refractivity contribution in [1.82, 2.24) is 19.0 Å². The fraction of sp³-hybridized carbons (Fsp3) is 0.200. The molecule has 2 aromatic carbocycles. The highest BCUT2D eigenvalue weighted by Crippen LogP contribution is 2.48. The maximum absolute atomic E-state index is 13.4. The number of likely N-dealkylation sites (tertiary alicyclic amines) is 1. The van der Waals surface area contributed by atoms with Crippen molar-refractivity contribution in [3.8, 4) is 23.4 Å². The Kier molecular flexibility index (Phi) is 4.79. The Balaban J connectivity index is 1.34. The van der Waals surface area contributed by atoms with Gasteiger partial charge in [0.25, 0.3) is 5.91 Å². The molecule has 1 amide bonds. The molecular formula is C25H18ClN5O4. The molecule has 0 aliphatic carbocycles. The van der Waals surface area contributed by atoms with Crippen LogP contribution in [0.5, 0.6) is 11.6 Å². The Morgan fingerprint density at radius 3 is 2.80 bits per heavy atom. The number of aromatic hydroxyl groups is 1. The van der Waals surface area contributed by atoms with Gasteiger partial charge in [-0.3, -0.25) is 14.3 Å². The monoisotopic (exact) mass is 487 g/mol. The summed E-state index contributed by atoms with van der Waals surface area (Å²) in [5, 5.41) is 21.8. The van der Waals surface area contributed by atoms with E-state index in [-0.39, 0.29) is 30.1 Å². The summed E-state index contributed by atoms with van der Waals surface area (Å²) in [7, 11) is 0. The Bertz CT molecular complexity index is 1600. The molecule has 1 unspecified atom stereocenters. The summed E-state index contributed by atoms with van der Waals surface area (Å²) < 4.78 is 8.42. The van der Waals surface area contributed by atoms with Crippen molar-refractivity contribution in [3.63, 3.8) is 0 Å². The molecular weight excluding hydrogens is 470 g/mol. The van der Waals surface area contributed by atoms with Crippen LogP contribution in [-0.4, -0.2) is 43.2 Å². The normalized spacial score (nSPS) is 18.0. The average molecular weight is 488 g/mol. The summed E-state index contributed by atoms with van der Waals surface area (Å²) in [6, 6.07) is 14.8. The number of halogens is 1. The molecule has 174 valence electrons. The number of benzene rings is 2. The van der Waals surface area contributed by atoms with E-state index in [1.54, 1.807) is 64.2 Å². The van der Waals surface area contributed by atoms with E-state index in [2.05, 4.69) is 11.1 Å². The molecule has 2 bridgehead atoms. The van der Waals surface area contributed by atoms with E-state index in [1.165, 1.54) is 4.57 Å². The zero-order valence-corrected chi connectivity index (χ0v) is 19.0. The minimum atomic E-state index is -0.432. The zero-order valence-electron chi connectivity index (χ0n) is 18.3. The lowest BCUT2D eigenvalue weighted by atomic mass is 10.1. The number of hydrogen-bond acceptors (Lipinski definition) is 6. The van der Waals surface area contributed by atoms with Gasteiger partial charge in [0.2, 0.25) is 5.88 Å². The Hall–Kier alpha value is -4.29. The second-order valence-corrected chi connectivity index (χ2v) is 8.97. The van der Waals surface area contributed by atoms with Gasteiger partial charge < -0.3 is 14.7 Å². The Labute approximate surface area is 204 Å². The highest BCUT2D eigenvalue weighted by atomic mass is 35.5. The highest BCUT2D eigenvalue weighted by Gasteiger charge is 2.49. The van der Waals surface area contributed by atoms with Crippen LogP contribution in [0.25, 0.3) is 16.6 Å². The summed E-state index contributed by atoms with van der Waals surface area (Å²) in [5.41, 5.74) is 1.28. The Morgan fingerprint density at radius 2 is 2.03 bits per heavy atom. The lowest BCUT2D eigenvalue weighted by Gasteiger charge is -2.27. The number of aromatic nitrogens is 3. The van der Waals surface area contributed by atoms with Crippen molar-refractivity contribution in [1.29, 1.82) is 5.26 Å².